The molecule has 0 bridgehead atoms. The fourth-order valence-electron chi connectivity index (χ4n) is 0.942. The van der Waals surface area contributed by atoms with E-state index >= 15 is 0 Å². The van der Waals surface area contributed by atoms with Crippen LogP contribution in [0.15, 0.2) is 30.3 Å². The molecule has 0 saturated heterocycles. The first kappa shape index (κ1) is 12.4. The third kappa shape index (κ3) is 4.11. The van der Waals surface area contributed by atoms with Gasteiger partial charge in [-0.15, -0.1) is 0 Å². The van der Waals surface area contributed by atoms with Crippen molar-refractivity contribution in [3.8, 4) is 0 Å². The predicted octanol–water partition coefficient (Wildman–Crippen LogP) is 3.82. The summed E-state index contributed by atoms with van der Waals surface area (Å²) in [5.74, 6) is -4.41. The Morgan fingerprint density at radius 3 is 2.27 bits per heavy atom. The molecule has 0 aliphatic carbocycles. The van der Waals surface area contributed by atoms with Gasteiger partial charge in [0, 0.05) is 5.75 Å². The molecule has 0 heterocycles. The first-order valence-corrected chi connectivity index (χ1v) is 5.45. The summed E-state index contributed by atoms with van der Waals surface area (Å²) in [4.78, 5) is 0. The molecule has 0 nitrogen and oxygen atoms in total. The van der Waals surface area contributed by atoms with Crippen molar-refractivity contribution in [2.45, 2.75) is 18.1 Å². The van der Waals surface area contributed by atoms with Crippen LogP contribution in [0.1, 0.15) is 5.56 Å². The Kier molecular flexibility index (Phi) is 4.45. The standard InChI is InChI=1S/C10H10F4S/c11-9(12)10(13,14)7-15-6-8-4-2-1-3-5-8/h1-5,9H,6-7H2. The van der Waals surface area contributed by atoms with Gasteiger partial charge in [0.25, 0.3) is 0 Å². The molecule has 0 aliphatic heterocycles. The zero-order valence-corrected chi connectivity index (χ0v) is 8.61. The zero-order chi connectivity index (χ0) is 11.3. The summed E-state index contributed by atoms with van der Waals surface area (Å²) in [7, 11) is 0. The first-order valence-electron chi connectivity index (χ1n) is 4.30. The number of thioether (sulfide) groups is 1. The molecule has 0 aliphatic rings. The largest absolute Gasteiger partial charge is 0.316 e. The van der Waals surface area contributed by atoms with Gasteiger partial charge in [-0.05, 0) is 5.56 Å². The van der Waals surface area contributed by atoms with Crippen LogP contribution in [0.4, 0.5) is 17.6 Å². The highest BCUT2D eigenvalue weighted by Crippen LogP contribution is 2.28. The van der Waals surface area contributed by atoms with Crippen LogP contribution in [0.5, 0.6) is 0 Å². The average molecular weight is 238 g/mol. The summed E-state index contributed by atoms with van der Waals surface area (Å²) < 4.78 is 48.5. The molecule has 0 unspecified atom stereocenters. The Labute approximate surface area is 89.7 Å². The molecule has 0 aromatic heterocycles. The highest BCUT2D eigenvalue weighted by Gasteiger charge is 2.40. The van der Waals surface area contributed by atoms with Gasteiger partial charge in [0.15, 0.2) is 0 Å². The van der Waals surface area contributed by atoms with Crippen molar-refractivity contribution >= 4 is 11.8 Å². The highest BCUT2D eigenvalue weighted by molar-refractivity contribution is 7.98. The average Bonchev–Trinajstić information content (AvgIpc) is 2.19. The summed E-state index contributed by atoms with van der Waals surface area (Å²) in [6.45, 7) is 0. The second-order valence-corrected chi connectivity index (χ2v) is 4.03. The Balaban J connectivity index is 2.34. The van der Waals surface area contributed by atoms with Crippen LogP contribution in [-0.2, 0) is 5.75 Å². The van der Waals surface area contributed by atoms with Crippen molar-refractivity contribution in [3.63, 3.8) is 0 Å². The molecule has 0 atom stereocenters. The monoisotopic (exact) mass is 238 g/mol. The van der Waals surface area contributed by atoms with E-state index in [1.165, 1.54) is 0 Å². The quantitative estimate of drug-likeness (QED) is 0.703. The van der Waals surface area contributed by atoms with E-state index in [4.69, 9.17) is 0 Å². The molecule has 5 heteroatoms. The molecular weight excluding hydrogens is 228 g/mol. The van der Waals surface area contributed by atoms with Gasteiger partial charge in [0.1, 0.15) is 0 Å². The number of alkyl halides is 4. The topological polar surface area (TPSA) is 0 Å². The molecular formula is C10H10F4S. The van der Waals surface area contributed by atoms with Crippen molar-refractivity contribution in [1.82, 2.24) is 0 Å². The summed E-state index contributed by atoms with van der Waals surface area (Å²) in [5, 5.41) is 0. The van der Waals surface area contributed by atoms with Gasteiger partial charge < -0.3 is 0 Å². The number of hydrogen-bond donors (Lipinski definition) is 0. The van der Waals surface area contributed by atoms with Gasteiger partial charge in [-0.1, -0.05) is 30.3 Å². The second-order valence-electron chi connectivity index (χ2n) is 3.04. The van der Waals surface area contributed by atoms with Gasteiger partial charge in [0.2, 0.25) is 0 Å². The smallest absolute Gasteiger partial charge is 0.204 e. The van der Waals surface area contributed by atoms with Gasteiger partial charge >= 0.3 is 12.3 Å². The summed E-state index contributed by atoms with van der Waals surface area (Å²) in [6.07, 6.45) is -3.58. The van der Waals surface area contributed by atoms with E-state index in [2.05, 4.69) is 0 Å². The van der Waals surface area contributed by atoms with Gasteiger partial charge in [-0.25, -0.2) is 8.78 Å². The van der Waals surface area contributed by atoms with Crippen LogP contribution in [0.2, 0.25) is 0 Å². The minimum absolute atomic E-state index is 0.323. The van der Waals surface area contributed by atoms with Crippen molar-refractivity contribution in [1.29, 1.82) is 0 Å². The van der Waals surface area contributed by atoms with Crippen LogP contribution >= 0.6 is 11.8 Å². The van der Waals surface area contributed by atoms with Crippen molar-refractivity contribution in [2.24, 2.45) is 0 Å². The Morgan fingerprint density at radius 2 is 1.73 bits per heavy atom. The maximum atomic E-state index is 12.5. The Bertz CT molecular complexity index is 287. The van der Waals surface area contributed by atoms with Crippen LogP contribution in [0, 0.1) is 0 Å². The zero-order valence-electron chi connectivity index (χ0n) is 7.80. The van der Waals surface area contributed by atoms with Crippen molar-refractivity contribution in [2.75, 3.05) is 5.75 Å². The Morgan fingerprint density at radius 1 is 1.13 bits per heavy atom. The van der Waals surface area contributed by atoms with E-state index in [-0.39, 0.29) is 0 Å². The predicted molar refractivity (Wildman–Crippen MR) is 53.6 cm³/mol. The normalized spacial score (nSPS) is 12.1. The fraction of sp³-hybridized carbons (Fsp3) is 0.400. The highest BCUT2D eigenvalue weighted by atomic mass is 32.2. The molecule has 0 saturated carbocycles. The molecule has 0 fully saturated rings. The van der Waals surface area contributed by atoms with E-state index < -0.39 is 18.1 Å². The van der Waals surface area contributed by atoms with Crippen LogP contribution < -0.4 is 0 Å². The van der Waals surface area contributed by atoms with Crippen molar-refractivity contribution in [3.05, 3.63) is 35.9 Å². The maximum absolute atomic E-state index is 12.5. The lowest BCUT2D eigenvalue weighted by molar-refractivity contribution is -0.109. The lowest BCUT2D eigenvalue weighted by Crippen LogP contribution is -2.29. The van der Waals surface area contributed by atoms with Gasteiger partial charge in [0.05, 0.1) is 5.75 Å². The molecule has 0 N–H and O–H groups in total. The number of benzene rings is 1. The molecule has 1 rings (SSSR count). The molecule has 84 valence electrons. The lowest BCUT2D eigenvalue weighted by Gasteiger charge is -2.14. The van der Waals surface area contributed by atoms with Crippen LogP contribution in [0.25, 0.3) is 0 Å². The minimum atomic E-state index is -3.89. The number of hydrogen-bond acceptors (Lipinski definition) is 1. The minimum Gasteiger partial charge on any atom is -0.204 e. The molecule has 0 spiro atoms. The SMILES string of the molecule is FC(F)C(F)(F)CSCc1ccccc1. The second kappa shape index (κ2) is 5.39. The van der Waals surface area contributed by atoms with Gasteiger partial charge in [-0.2, -0.15) is 20.5 Å². The van der Waals surface area contributed by atoms with E-state index in [0.717, 1.165) is 17.3 Å². The number of halogens is 4. The number of rotatable bonds is 5. The summed E-state index contributed by atoms with van der Waals surface area (Å²) >= 11 is 0.812. The van der Waals surface area contributed by atoms with Gasteiger partial charge in [-0.3, -0.25) is 0 Å². The fourth-order valence-corrected chi connectivity index (χ4v) is 1.87. The third-order valence-corrected chi connectivity index (χ3v) is 2.85. The van der Waals surface area contributed by atoms with Crippen LogP contribution in [0.3, 0.4) is 0 Å². The van der Waals surface area contributed by atoms with E-state index in [0.29, 0.717) is 5.75 Å². The lowest BCUT2D eigenvalue weighted by atomic mass is 10.2. The summed E-state index contributed by atoms with van der Waals surface area (Å²) in [6, 6.07) is 8.91. The van der Waals surface area contributed by atoms with E-state index in [1.54, 1.807) is 24.3 Å². The third-order valence-electron chi connectivity index (χ3n) is 1.73. The first-order chi connectivity index (χ1) is 7.02. The molecule has 1 aromatic rings. The van der Waals surface area contributed by atoms with E-state index in [1.807, 2.05) is 6.07 Å². The van der Waals surface area contributed by atoms with E-state index in [9.17, 15) is 17.6 Å². The molecule has 15 heavy (non-hydrogen) atoms. The van der Waals surface area contributed by atoms with Crippen molar-refractivity contribution < 1.29 is 17.6 Å². The molecule has 0 radical (unpaired) electrons. The maximum Gasteiger partial charge on any atom is 0.316 e. The molecule has 0 amide bonds. The molecule has 1 aromatic carbocycles. The Hall–Kier alpha value is -0.710. The summed E-state index contributed by atoms with van der Waals surface area (Å²) in [5.41, 5.74) is 0.854. The van der Waals surface area contributed by atoms with Crippen LogP contribution in [-0.4, -0.2) is 18.1 Å².